The number of amides is 2. The standard InChI is InChI=1S/C24H14N2O7.2Na.2H/c27-21-17(15-7-11(23(29)30)1-5-19(15)25-21)9-13-3-4-14(33-13)10-18-16-8-12(24(31)32)2-6-20(16)26-22(18)28;;;;/h1-10H,(H,25,27)(H,26,28)(H,29,30)(H,31,32);;;;/b17-9+,18-10+;;;;. The van der Waals surface area contributed by atoms with Crippen molar-refractivity contribution in [3.63, 3.8) is 0 Å². The Bertz CT molecular complexity index is 1360. The van der Waals surface area contributed by atoms with E-state index in [9.17, 15) is 29.4 Å². The number of anilines is 2. The van der Waals surface area contributed by atoms with E-state index in [1.165, 1.54) is 48.6 Å². The van der Waals surface area contributed by atoms with Crippen LogP contribution >= 0.6 is 0 Å². The number of carbonyl (C=O) groups is 4. The van der Waals surface area contributed by atoms with Crippen LogP contribution in [0.15, 0.2) is 52.9 Å². The van der Waals surface area contributed by atoms with Gasteiger partial charge in [0.1, 0.15) is 11.5 Å². The summed E-state index contributed by atoms with van der Waals surface area (Å²) >= 11 is 0. The molecule has 1 aromatic heterocycles. The first-order chi connectivity index (χ1) is 15.8. The average Bonchev–Trinajstić information content (AvgIpc) is 3.44. The van der Waals surface area contributed by atoms with Crippen molar-refractivity contribution in [1.82, 2.24) is 0 Å². The molecule has 0 fully saturated rings. The third-order valence-electron chi connectivity index (χ3n) is 5.32. The van der Waals surface area contributed by atoms with E-state index >= 15 is 0 Å². The number of fused-ring (bicyclic) bond motifs is 2. The number of carboxylic acids is 2. The van der Waals surface area contributed by atoms with E-state index in [-0.39, 0.29) is 81.4 Å². The van der Waals surface area contributed by atoms with E-state index in [2.05, 4.69) is 10.6 Å². The molecule has 11 heteroatoms. The predicted octanol–water partition coefficient (Wildman–Crippen LogP) is 2.36. The quantitative estimate of drug-likeness (QED) is 0.324. The van der Waals surface area contributed by atoms with Crippen molar-refractivity contribution >= 4 is 118 Å². The number of aromatic carboxylic acids is 2. The van der Waals surface area contributed by atoms with Gasteiger partial charge in [0.25, 0.3) is 11.8 Å². The second-order valence-corrected chi connectivity index (χ2v) is 7.40. The molecular weight excluding hydrogens is 474 g/mol. The molecule has 0 saturated carbocycles. The summed E-state index contributed by atoms with van der Waals surface area (Å²) in [6, 6.07) is 11.9. The fourth-order valence-electron chi connectivity index (χ4n) is 3.74. The molecule has 2 aliphatic rings. The molecule has 2 aromatic carbocycles. The summed E-state index contributed by atoms with van der Waals surface area (Å²) in [5, 5.41) is 23.8. The molecule has 0 bridgehead atoms. The van der Waals surface area contributed by atoms with Crippen molar-refractivity contribution in [3.05, 3.63) is 82.3 Å². The third-order valence-corrected chi connectivity index (χ3v) is 5.32. The number of furan rings is 1. The van der Waals surface area contributed by atoms with Gasteiger partial charge in [-0.15, -0.1) is 0 Å². The van der Waals surface area contributed by atoms with Crippen LogP contribution in [0.4, 0.5) is 11.4 Å². The molecule has 0 spiro atoms. The van der Waals surface area contributed by atoms with Crippen LogP contribution < -0.4 is 10.6 Å². The zero-order chi connectivity index (χ0) is 23.3. The molecule has 9 nitrogen and oxygen atoms in total. The van der Waals surface area contributed by atoms with Crippen LogP contribution in [-0.2, 0) is 9.59 Å². The van der Waals surface area contributed by atoms with Gasteiger partial charge in [-0.3, -0.25) is 9.59 Å². The molecule has 0 atom stereocenters. The molecule has 5 rings (SSSR count). The van der Waals surface area contributed by atoms with Gasteiger partial charge in [0.15, 0.2) is 0 Å². The molecule has 0 radical (unpaired) electrons. The Morgan fingerprint density at radius 3 is 1.46 bits per heavy atom. The molecule has 0 saturated heterocycles. The monoisotopic (exact) mass is 490 g/mol. The van der Waals surface area contributed by atoms with Crippen LogP contribution in [0.25, 0.3) is 23.3 Å². The summed E-state index contributed by atoms with van der Waals surface area (Å²) < 4.78 is 5.74. The SMILES string of the molecule is O=C1Nc2ccc(C(=O)O)cc2/C1=C\c1ccc(/C=C2/C(=O)Nc3ccc(C(=O)O)cc32)o1.[NaH].[NaH]. The molecular formula is C24H16N2Na2O7. The predicted molar refractivity (Wildman–Crippen MR) is 133 cm³/mol. The summed E-state index contributed by atoms with van der Waals surface area (Å²) in [7, 11) is 0. The number of benzene rings is 2. The Kier molecular flexibility index (Phi) is 7.90. The van der Waals surface area contributed by atoms with Gasteiger partial charge in [0, 0.05) is 22.5 Å². The summed E-state index contributed by atoms with van der Waals surface area (Å²) in [6.45, 7) is 0. The van der Waals surface area contributed by atoms with Gasteiger partial charge < -0.3 is 25.3 Å². The van der Waals surface area contributed by atoms with Crippen LogP contribution in [0.1, 0.15) is 43.4 Å². The molecule has 35 heavy (non-hydrogen) atoms. The number of carbonyl (C=O) groups excluding carboxylic acids is 2. The van der Waals surface area contributed by atoms with Crippen molar-refractivity contribution in [2.45, 2.75) is 0 Å². The van der Waals surface area contributed by atoms with Crippen molar-refractivity contribution in [2.24, 2.45) is 0 Å². The van der Waals surface area contributed by atoms with Gasteiger partial charge in [-0.25, -0.2) is 9.59 Å². The maximum atomic E-state index is 12.4. The second-order valence-electron chi connectivity index (χ2n) is 7.40. The van der Waals surface area contributed by atoms with Crippen molar-refractivity contribution in [1.29, 1.82) is 0 Å². The van der Waals surface area contributed by atoms with E-state index < -0.39 is 23.8 Å². The molecule has 0 unspecified atom stereocenters. The van der Waals surface area contributed by atoms with Crippen LogP contribution in [0, 0.1) is 0 Å². The number of hydrogen-bond donors (Lipinski definition) is 4. The molecule has 2 aliphatic heterocycles. The van der Waals surface area contributed by atoms with Gasteiger partial charge >= 0.3 is 71.1 Å². The van der Waals surface area contributed by atoms with Crippen molar-refractivity contribution < 1.29 is 33.8 Å². The Morgan fingerprint density at radius 2 is 1.09 bits per heavy atom. The summed E-state index contributed by atoms with van der Waals surface area (Å²) in [5.74, 6) is -2.37. The topological polar surface area (TPSA) is 146 Å². The van der Waals surface area contributed by atoms with E-state index in [1.54, 1.807) is 12.1 Å². The molecule has 166 valence electrons. The van der Waals surface area contributed by atoms with Gasteiger partial charge in [0.2, 0.25) is 0 Å². The van der Waals surface area contributed by atoms with Gasteiger partial charge in [-0.05, 0) is 60.7 Å². The minimum atomic E-state index is -1.11. The van der Waals surface area contributed by atoms with Gasteiger partial charge in [-0.1, -0.05) is 0 Å². The first-order valence-electron chi connectivity index (χ1n) is 9.71. The summed E-state index contributed by atoms with van der Waals surface area (Å²) in [6.07, 6.45) is 2.97. The zero-order valence-electron chi connectivity index (χ0n) is 16.7. The first kappa shape index (κ1) is 26.7. The van der Waals surface area contributed by atoms with Crippen LogP contribution in [0.2, 0.25) is 0 Å². The van der Waals surface area contributed by atoms with Crippen molar-refractivity contribution in [3.8, 4) is 0 Å². The van der Waals surface area contributed by atoms with E-state index in [0.717, 1.165) is 0 Å². The average molecular weight is 490 g/mol. The number of hydrogen-bond acceptors (Lipinski definition) is 5. The van der Waals surface area contributed by atoms with Crippen LogP contribution in [0.3, 0.4) is 0 Å². The van der Waals surface area contributed by atoms with Crippen LogP contribution in [-0.4, -0.2) is 93.1 Å². The number of rotatable bonds is 4. The Hall–Kier alpha value is -2.92. The molecule has 0 aliphatic carbocycles. The number of nitrogens with one attached hydrogen (secondary N) is 2. The van der Waals surface area contributed by atoms with Crippen LogP contribution in [0.5, 0.6) is 0 Å². The summed E-state index contributed by atoms with van der Waals surface area (Å²) in [4.78, 5) is 47.3. The van der Waals surface area contributed by atoms with Gasteiger partial charge in [-0.2, -0.15) is 0 Å². The van der Waals surface area contributed by atoms with Crippen molar-refractivity contribution in [2.75, 3.05) is 10.6 Å². The third kappa shape index (κ3) is 5.06. The first-order valence-corrected chi connectivity index (χ1v) is 9.71. The molecule has 3 heterocycles. The zero-order valence-corrected chi connectivity index (χ0v) is 16.7. The number of carboxylic acid groups (broad SMARTS) is 2. The minimum absolute atomic E-state index is 0. The maximum absolute atomic E-state index is 12.4. The van der Waals surface area contributed by atoms with E-state index in [0.29, 0.717) is 34.0 Å². The fraction of sp³-hybridized carbons (Fsp3) is 0. The van der Waals surface area contributed by atoms with Gasteiger partial charge in [0.05, 0.1) is 22.3 Å². The normalized spacial score (nSPS) is 15.5. The molecule has 2 amide bonds. The van der Waals surface area contributed by atoms with E-state index in [4.69, 9.17) is 4.42 Å². The summed E-state index contributed by atoms with van der Waals surface area (Å²) in [5.41, 5.74) is 2.48. The molecule has 3 aromatic rings. The Morgan fingerprint density at radius 1 is 0.686 bits per heavy atom. The fourth-order valence-corrected chi connectivity index (χ4v) is 3.74. The Labute approximate surface area is 242 Å². The molecule has 4 N–H and O–H groups in total. The van der Waals surface area contributed by atoms with E-state index in [1.807, 2.05) is 0 Å². The Balaban J connectivity index is 0.00000171. The second kappa shape index (κ2) is 10.4.